The van der Waals surface area contributed by atoms with E-state index >= 15 is 0 Å². The molecule has 1 aromatic heterocycles. The number of carbonyl (C=O) groups excluding carboxylic acids is 2. The zero-order chi connectivity index (χ0) is 17.0. The normalized spacial score (nSPS) is 11.8. The summed E-state index contributed by atoms with van der Waals surface area (Å²) in [5.41, 5.74) is 1.42. The average molecular weight is 333 g/mol. The minimum atomic E-state index is -0.758. The number of aromatic nitrogens is 1. The number of hydrogen-bond acceptors (Lipinski definition) is 6. The molecule has 0 fully saturated rings. The molecule has 1 aromatic carbocycles. The molecule has 0 aliphatic heterocycles. The van der Waals surface area contributed by atoms with Gasteiger partial charge in [0.2, 0.25) is 0 Å². The topological polar surface area (TPSA) is 65.5 Å². The Labute approximate surface area is 139 Å². The molecule has 23 heavy (non-hydrogen) atoms. The fraction of sp³-hybridized carbons (Fsp3) is 0.353. The van der Waals surface area contributed by atoms with Crippen molar-refractivity contribution in [3.8, 4) is 5.75 Å². The predicted molar refractivity (Wildman–Crippen MR) is 87.9 cm³/mol. The molecule has 0 saturated carbocycles. The van der Waals surface area contributed by atoms with Gasteiger partial charge in [-0.05, 0) is 39.8 Å². The van der Waals surface area contributed by atoms with Crippen LogP contribution in [0.3, 0.4) is 0 Å². The molecule has 0 amide bonds. The SMILES string of the molecule is CC(=O)c1cccc(OC(C)C(=O)OCc2sc(C)nc2C)c1. The Morgan fingerprint density at radius 3 is 2.65 bits per heavy atom. The van der Waals surface area contributed by atoms with E-state index in [-0.39, 0.29) is 12.4 Å². The van der Waals surface area contributed by atoms with Gasteiger partial charge >= 0.3 is 5.97 Å². The van der Waals surface area contributed by atoms with Crippen LogP contribution in [0.15, 0.2) is 24.3 Å². The van der Waals surface area contributed by atoms with Gasteiger partial charge in [-0.1, -0.05) is 12.1 Å². The molecular formula is C17H19NO4S. The van der Waals surface area contributed by atoms with Gasteiger partial charge in [-0.3, -0.25) is 4.79 Å². The van der Waals surface area contributed by atoms with E-state index in [0.717, 1.165) is 15.6 Å². The van der Waals surface area contributed by atoms with E-state index in [2.05, 4.69) is 4.98 Å². The second-order valence-corrected chi connectivity index (χ2v) is 6.48. The van der Waals surface area contributed by atoms with E-state index in [1.54, 1.807) is 31.2 Å². The summed E-state index contributed by atoms with van der Waals surface area (Å²) in [5, 5.41) is 0.943. The number of Topliss-reactive ketones (excluding diaryl/α,β-unsaturated/α-hetero) is 1. The summed E-state index contributed by atoms with van der Waals surface area (Å²) in [4.78, 5) is 28.6. The molecule has 0 spiro atoms. The van der Waals surface area contributed by atoms with Crippen molar-refractivity contribution in [3.63, 3.8) is 0 Å². The Bertz CT molecular complexity index is 723. The van der Waals surface area contributed by atoms with Crippen LogP contribution in [0.1, 0.15) is 39.8 Å². The molecule has 1 heterocycles. The van der Waals surface area contributed by atoms with Gasteiger partial charge in [-0.25, -0.2) is 9.78 Å². The first kappa shape index (κ1) is 17.1. The number of benzene rings is 1. The summed E-state index contributed by atoms with van der Waals surface area (Å²) >= 11 is 1.51. The molecule has 2 aromatic rings. The van der Waals surface area contributed by atoms with Crippen LogP contribution in [-0.4, -0.2) is 22.8 Å². The molecule has 0 aliphatic rings. The largest absolute Gasteiger partial charge is 0.479 e. The fourth-order valence-corrected chi connectivity index (χ4v) is 2.85. The molecule has 0 aliphatic carbocycles. The minimum absolute atomic E-state index is 0.0540. The van der Waals surface area contributed by atoms with Gasteiger partial charge in [0, 0.05) is 5.56 Å². The number of hydrogen-bond donors (Lipinski definition) is 0. The molecular weight excluding hydrogens is 314 g/mol. The van der Waals surface area contributed by atoms with E-state index < -0.39 is 12.1 Å². The molecule has 5 nitrogen and oxygen atoms in total. The number of esters is 1. The summed E-state index contributed by atoms with van der Waals surface area (Å²) in [6, 6.07) is 6.73. The lowest BCUT2D eigenvalue weighted by molar-refractivity contribution is -0.152. The second-order valence-electron chi connectivity index (χ2n) is 5.19. The summed E-state index contributed by atoms with van der Waals surface area (Å²) in [6.07, 6.45) is -0.758. The number of thiazole rings is 1. The Kier molecular flexibility index (Phi) is 5.50. The van der Waals surface area contributed by atoms with Crippen molar-refractivity contribution in [2.24, 2.45) is 0 Å². The van der Waals surface area contributed by atoms with Crippen LogP contribution in [0.4, 0.5) is 0 Å². The van der Waals surface area contributed by atoms with E-state index in [1.165, 1.54) is 18.3 Å². The van der Waals surface area contributed by atoms with Gasteiger partial charge in [0.15, 0.2) is 11.9 Å². The number of ether oxygens (including phenoxy) is 2. The van der Waals surface area contributed by atoms with Gasteiger partial charge in [0.1, 0.15) is 12.4 Å². The van der Waals surface area contributed by atoms with E-state index in [0.29, 0.717) is 11.3 Å². The van der Waals surface area contributed by atoms with Gasteiger partial charge in [-0.2, -0.15) is 0 Å². The Morgan fingerprint density at radius 2 is 2.04 bits per heavy atom. The first-order chi connectivity index (χ1) is 10.9. The summed E-state index contributed by atoms with van der Waals surface area (Å²) < 4.78 is 10.8. The van der Waals surface area contributed by atoms with Gasteiger partial charge in [0.25, 0.3) is 0 Å². The van der Waals surface area contributed by atoms with Crippen molar-refractivity contribution >= 4 is 23.1 Å². The van der Waals surface area contributed by atoms with Crippen molar-refractivity contribution in [1.82, 2.24) is 4.98 Å². The summed E-state index contributed by atoms with van der Waals surface area (Å²) in [6.45, 7) is 7.09. The maximum atomic E-state index is 12.0. The van der Waals surface area contributed by atoms with Crippen LogP contribution < -0.4 is 4.74 Å². The van der Waals surface area contributed by atoms with Crippen LogP contribution in [0.5, 0.6) is 5.75 Å². The molecule has 122 valence electrons. The molecule has 1 unspecified atom stereocenters. The lowest BCUT2D eigenvalue weighted by Gasteiger charge is -2.14. The van der Waals surface area contributed by atoms with Gasteiger partial charge in [0.05, 0.1) is 15.6 Å². The number of ketones is 1. The zero-order valence-corrected chi connectivity index (χ0v) is 14.4. The van der Waals surface area contributed by atoms with Crippen LogP contribution in [0.2, 0.25) is 0 Å². The highest BCUT2D eigenvalue weighted by Crippen LogP contribution is 2.19. The van der Waals surface area contributed by atoms with Crippen molar-refractivity contribution in [1.29, 1.82) is 0 Å². The third-order valence-corrected chi connectivity index (χ3v) is 4.28. The molecule has 0 saturated heterocycles. The van der Waals surface area contributed by atoms with Crippen molar-refractivity contribution < 1.29 is 19.1 Å². The minimum Gasteiger partial charge on any atom is -0.479 e. The lowest BCUT2D eigenvalue weighted by atomic mass is 10.1. The van der Waals surface area contributed by atoms with E-state index in [1.807, 2.05) is 13.8 Å². The molecule has 0 N–H and O–H groups in total. The maximum Gasteiger partial charge on any atom is 0.347 e. The lowest BCUT2D eigenvalue weighted by Crippen LogP contribution is -2.26. The fourth-order valence-electron chi connectivity index (χ4n) is 2.00. The number of aryl methyl sites for hydroxylation is 2. The number of carbonyl (C=O) groups is 2. The van der Waals surface area contributed by atoms with E-state index in [9.17, 15) is 9.59 Å². The first-order valence-electron chi connectivity index (χ1n) is 7.24. The number of rotatable bonds is 6. The molecule has 0 bridgehead atoms. The summed E-state index contributed by atoms with van der Waals surface area (Å²) in [7, 11) is 0. The standard InChI is InChI=1S/C17H19NO4S/c1-10-16(23-13(4)18-10)9-21-17(20)12(3)22-15-7-5-6-14(8-15)11(2)19/h5-8,12H,9H2,1-4H3. The highest BCUT2D eigenvalue weighted by atomic mass is 32.1. The van der Waals surface area contributed by atoms with Crippen molar-refractivity contribution in [3.05, 3.63) is 45.4 Å². The highest BCUT2D eigenvalue weighted by Gasteiger charge is 2.18. The quantitative estimate of drug-likeness (QED) is 0.598. The Balaban J connectivity index is 1.93. The van der Waals surface area contributed by atoms with Crippen molar-refractivity contribution in [2.75, 3.05) is 0 Å². The van der Waals surface area contributed by atoms with Crippen LogP contribution in [0, 0.1) is 13.8 Å². The zero-order valence-electron chi connectivity index (χ0n) is 13.6. The third-order valence-electron chi connectivity index (χ3n) is 3.23. The Hall–Kier alpha value is -2.21. The molecule has 6 heteroatoms. The van der Waals surface area contributed by atoms with Crippen molar-refractivity contribution in [2.45, 2.75) is 40.4 Å². The third kappa shape index (κ3) is 4.63. The summed E-state index contributed by atoms with van der Waals surface area (Å²) in [5.74, 6) is -0.0441. The number of nitrogens with zero attached hydrogens (tertiary/aromatic N) is 1. The second kappa shape index (κ2) is 7.37. The van der Waals surface area contributed by atoms with Crippen LogP contribution in [-0.2, 0) is 16.1 Å². The van der Waals surface area contributed by atoms with Gasteiger partial charge in [-0.15, -0.1) is 11.3 Å². The molecule has 2 rings (SSSR count). The average Bonchev–Trinajstić information content (AvgIpc) is 2.82. The van der Waals surface area contributed by atoms with Gasteiger partial charge < -0.3 is 9.47 Å². The maximum absolute atomic E-state index is 12.0. The van der Waals surface area contributed by atoms with Crippen LogP contribution in [0.25, 0.3) is 0 Å². The monoisotopic (exact) mass is 333 g/mol. The first-order valence-corrected chi connectivity index (χ1v) is 8.05. The highest BCUT2D eigenvalue weighted by molar-refractivity contribution is 7.11. The predicted octanol–water partition coefficient (Wildman–Crippen LogP) is 3.47. The Morgan fingerprint density at radius 1 is 1.30 bits per heavy atom. The van der Waals surface area contributed by atoms with Crippen LogP contribution >= 0.6 is 11.3 Å². The molecule has 1 atom stereocenters. The van der Waals surface area contributed by atoms with E-state index in [4.69, 9.17) is 9.47 Å². The smallest absolute Gasteiger partial charge is 0.347 e. The molecule has 0 radical (unpaired) electrons.